The second kappa shape index (κ2) is 8.23. The molecule has 1 aliphatic rings. The highest BCUT2D eigenvalue weighted by Gasteiger charge is 2.28. The molecule has 1 N–H and O–H groups in total. The van der Waals surface area contributed by atoms with Crippen molar-refractivity contribution in [2.75, 3.05) is 18.4 Å². The molecule has 0 saturated carbocycles. The summed E-state index contributed by atoms with van der Waals surface area (Å²) in [7, 11) is 0. The van der Waals surface area contributed by atoms with Crippen molar-refractivity contribution in [1.29, 1.82) is 0 Å². The maximum atomic E-state index is 12.7. The minimum absolute atomic E-state index is 0.0734. The van der Waals surface area contributed by atoms with Crippen LogP contribution in [-0.2, 0) is 9.53 Å². The third kappa shape index (κ3) is 4.76. The molecule has 3 rings (SSSR count). The van der Waals surface area contributed by atoms with E-state index in [1.807, 2.05) is 80.3 Å². The minimum Gasteiger partial charge on any atom is -0.457 e. The standard InChI is InChI=1S/C21H26N2O3/c1-15-13-23(14-16(2)25-15)21(24)17(3)22-18-9-11-20(12-10-18)26-19-7-5-4-6-8-19/h4-12,15-17,22H,13-14H2,1-3H3/t15-,16-,17+/m0/s1. The van der Waals surface area contributed by atoms with Crippen molar-refractivity contribution in [3.05, 3.63) is 54.6 Å². The number of para-hydroxylation sites is 1. The molecule has 26 heavy (non-hydrogen) atoms. The lowest BCUT2D eigenvalue weighted by atomic mass is 10.2. The van der Waals surface area contributed by atoms with Crippen molar-refractivity contribution in [2.45, 2.75) is 39.0 Å². The van der Waals surface area contributed by atoms with Gasteiger partial charge in [0.2, 0.25) is 5.91 Å². The van der Waals surface area contributed by atoms with Crippen LogP contribution in [0, 0.1) is 0 Å². The monoisotopic (exact) mass is 354 g/mol. The van der Waals surface area contributed by atoms with E-state index < -0.39 is 0 Å². The molecule has 0 unspecified atom stereocenters. The zero-order valence-corrected chi connectivity index (χ0v) is 15.5. The first-order valence-electron chi connectivity index (χ1n) is 9.05. The van der Waals surface area contributed by atoms with Gasteiger partial charge in [0, 0.05) is 18.8 Å². The van der Waals surface area contributed by atoms with E-state index in [0.717, 1.165) is 17.2 Å². The number of amides is 1. The van der Waals surface area contributed by atoms with Crippen LogP contribution in [0.25, 0.3) is 0 Å². The Hall–Kier alpha value is -2.53. The van der Waals surface area contributed by atoms with Crippen molar-refractivity contribution >= 4 is 11.6 Å². The summed E-state index contributed by atoms with van der Waals surface area (Å²) >= 11 is 0. The molecule has 5 nitrogen and oxygen atoms in total. The van der Waals surface area contributed by atoms with Crippen molar-refractivity contribution in [2.24, 2.45) is 0 Å². The maximum Gasteiger partial charge on any atom is 0.244 e. The highest BCUT2D eigenvalue weighted by atomic mass is 16.5. The minimum atomic E-state index is -0.298. The van der Waals surface area contributed by atoms with Crippen LogP contribution < -0.4 is 10.1 Å². The van der Waals surface area contributed by atoms with Gasteiger partial charge in [0.15, 0.2) is 0 Å². The Balaban J connectivity index is 1.57. The normalized spacial score (nSPS) is 21.1. The molecule has 0 aliphatic carbocycles. The summed E-state index contributed by atoms with van der Waals surface area (Å²) in [6, 6.07) is 17.0. The van der Waals surface area contributed by atoms with Gasteiger partial charge in [-0.25, -0.2) is 0 Å². The van der Waals surface area contributed by atoms with Crippen molar-refractivity contribution in [1.82, 2.24) is 4.90 Å². The number of carbonyl (C=O) groups is 1. The number of rotatable bonds is 5. The van der Waals surface area contributed by atoms with Crippen LogP contribution >= 0.6 is 0 Å². The summed E-state index contributed by atoms with van der Waals surface area (Å²) < 4.78 is 11.5. The number of morpholine rings is 1. The summed E-state index contributed by atoms with van der Waals surface area (Å²) in [6.07, 6.45) is 0.147. The number of ether oxygens (including phenoxy) is 2. The lowest BCUT2D eigenvalue weighted by molar-refractivity contribution is -0.143. The molecule has 2 aromatic carbocycles. The highest BCUT2D eigenvalue weighted by molar-refractivity contribution is 5.84. The van der Waals surface area contributed by atoms with E-state index in [4.69, 9.17) is 9.47 Å². The van der Waals surface area contributed by atoms with Crippen LogP contribution in [0.5, 0.6) is 11.5 Å². The fourth-order valence-electron chi connectivity index (χ4n) is 3.19. The highest BCUT2D eigenvalue weighted by Crippen LogP contribution is 2.23. The number of nitrogens with one attached hydrogen (secondary N) is 1. The van der Waals surface area contributed by atoms with Gasteiger partial charge in [0.25, 0.3) is 0 Å². The molecule has 1 heterocycles. The van der Waals surface area contributed by atoms with E-state index in [-0.39, 0.29) is 24.2 Å². The number of hydrogen-bond donors (Lipinski definition) is 1. The predicted octanol–water partition coefficient (Wildman–Crippen LogP) is 3.92. The van der Waals surface area contributed by atoms with Crippen LogP contribution in [0.3, 0.4) is 0 Å². The molecule has 1 amide bonds. The third-order valence-electron chi connectivity index (χ3n) is 4.32. The maximum absolute atomic E-state index is 12.7. The Morgan fingerprint density at radius 2 is 1.62 bits per heavy atom. The van der Waals surface area contributed by atoms with Gasteiger partial charge >= 0.3 is 0 Å². The Bertz CT molecular complexity index is 708. The van der Waals surface area contributed by atoms with Crippen LogP contribution in [0.4, 0.5) is 5.69 Å². The number of nitrogens with zero attached hydrogens (tertiary/aromatic N) is 1. The van der Waals surface area contributed by atoms with Gasteiger partial charge in [-0.1, -0.05) is 18.2 Å². The zero-order valence-electron chi connectivity index (χ0n) is 15.5. The zero-order chi connectivity index (χ0) is 18.5. The summed E-state index contributed by atoms with van der Waals surface area (Å²) in [5.41, 5.74) is 0.889. The van der Waals surface area contributed by atoms with Gasteiger partial charge in [0.1, 0.15) is 17.5 Å². The predicted molar refractivity (Wildman–Crippen MR) is 103 cm³/mol. The molecular weight excluding hydrogens is 328 g/mol. The van der Waals surface area contributed by atoms with Gasteiger partial charge in [-0.05, 0) is 57.2 Å². The summed E-state index contributed by atoms with van der Waals surface area (Å²) in [4.78, 5) is 14.6. The Labute approximate surface area is 154 Å². The molecule has 0 bridgehead atoms. The molecule has 3 atom stereocenters. The number of carbonyl (C=O) groups excluding carboxylic acids is 1. The molecule has 1 fully saturated rings. The summed E-state index contributed by atoms with van der Waals surface area (Å²) in [5, 5.41) is 3.27. The lowest BCUT2D eigenvalue weighted by Crippen LogP contribution is -2.52. The second-order valence-electron chi connectivity index (χ2n) is 6.81. The third-order valence-corrected chi connectivity index (χ3v) is 4.32. The van der Waals surface area contributed by atoms with Crippen molar-refractivity contribution in [3.8, 4) is 11.5 Å². The molecule has 0 radical (unpaired) electrons. The number of anilines is 1. The number of hydrogen-bond acceptors (Lipinski definition) is 4. The lowest BCUT2D eigenvalue weighted by Gasteiger charge is -2.36. The smallest absolute Gasteiger partial charge is 0.244 e. The van der Waals surface area contributed by atoms with E-state index in [0.29, 0.717) is 13.1 Å². The fraction of sp³-hybridized carbons (Fsp3) is 0.381. The fourth-order valence-corrected chi connectivity index (χ4v) is 3.19. The topological polar surface area (TPSA) is 50.8 Å². The van der Waals surface area contributed by atoms with E-state index in [2.05, 4.69) is 5.32 Å². The SMILES string of the molecule is C[C@H]1CN(C(=O)[C@@H](C)Nc2ccc(Oc3ccccc3)cc2)C[C@H](C)O1. The Kier molecular flexibility index (Phi) is 5.78. The molecule has 5 heteroatoms. The van der Waals surface area contributed by atoms with E-state index >= 15 is 0 Å². The first-order chi connectivity index (χ1) is 12.5. The van der Waals surface area contributed by atoms with E-state index in [1.165, 1.54) is 0 Å². The van der Waals surface area contributed by atoms with Gasteiger partial charge in [-0.15, -0.1) is 0 Å². The van der Waals surface area contributed by atoms with Gasteiger partial charge in [-0.2, -0.15) is 0 Å². The molecule has 0 spiro atoms. The Morgan fingerprint density at radius 1 is 1.04 bits per heavy atom. The van der Waals surface area contributed by atoms with Gasteiger partial charge < -0.3 is 19.7 Å². The molecule has 0 aromatic heterocycles. The van der Waals surface area contributed by atoms with Crippen molar-refractivity contribution < 1.29 is 14.3 Å². The summed E-state index contributed by atoms with van der Waals surface area (Å²) in [6.45, 7) is 7.17. The van der Waals surface area contributed by atoms with Crippen molar-refractivity contribution in [3.63, 3.8) is 0 Å². The molecule has 1 saturated heterocycles. The largest absolute Gasteiger partial charge is 0.457 e. The first-order valence-corrected chi connectivity index (χ1v) is 9.05. The molecule has 2 aromatic rings. The number of benzene rings is 2. The Morgan fingerprint density at radius 3 is 2.23 bits per heavy atom. The average Bonchev–Trinajstić information content (AvgIpc) is 2.63. The van der Waals surface area contributed by atoms with E-state index in [9.17, 15) is 4.79 Å². The molecule has 138 valence electrons. The van der Waals surface area contributed by atoms with Gasteiger partial charge in [0.05, 0.1) is 12.2 Å². The quantitative estimate of drug-likeness (QED) is 0.884. The van der Waals surface area contributed by atoms with Crippen LogP contribution in [0.15, 0.2) is 54.6 Å². The molecule has 1 aliphatic heterocycles. The van der Waals surface area contributed by atoms with Crippen LogP contribution in [0.2, 0.25) is 0 Å². The van der Waals surface area contributed by atoms with Gasteiger partial charge in [-0.3, -0.25) is 4.79 Å². The van der Waals surface area contributed by atoms with Crippen LogP contribution in [0.1, 0.15) is 20.8 Å². The first kappa shape index (κ1) is 18.3. The molecular formula is C21H26N2O3. The van der Waals surface area contributed by atoms with E-state index in [1.54, 1.807) is 0 Å². The second-order valence-corrected chi connectivity index (χ2v) is 6.81. The van der Waals surface area contributed by atoms with Crippen LogP contribution in [-0.4, -0.2) is 42.1 Å². The summed E-state index contributed by atoms with van der Waals surface area (Å²) in [5.74, 6) is 1.65. The average molecular weight is 354 g/mol.